The topological polar surface area (TPSA) is 75.1 Å². The van der Waals surface area contributed by atoms with Gasteiger partial charge in [0.05, 0.1) is 23.1 Å². The Morgan fingerprint density at radius 1 is 1.29 bits per heavy atom. The molecule has 2 rings (SSSR count). The van der Waals surface area contributed by atoms with Crippen LogP contribution in [0.15, 0.2) is 36.7 Å². The third-order valence-corrected chi connectivity index (χ3v) is 2.32. The van der Waals surface area contributed by atoms with Crippen LogP contribution in [0.2, 0.25) is 5.02 Å². The zero-order valence-electron chi connectivity index (χ0n) is 8.59. The highest BCUT2D eigenvalue weighted by molar-refractivity contribution is 6.33. The second kappa shape index (κ2) is 4.80. The van der Waals surface area contributed by atoms with Crippen LogP contribution in [0, 0.1) is 0 Å². The number of para-hydroxylation sites is 1. The lowest BCUT2D eigenvalue weighted by atomic mass is 10.3. The van der Waals surface area contributed by atoms with Crippen LogP contribution in [-0.4, -0.2) is 21.0 Å². The molecule has 0 unspecified atom stereocenters. The maximum atomic E-state index is 10.7. The third kappa shape index (κ3) is 2.70. The van der Waals surface area contributed by atoms with Gasteiger partial charge >= 0.3 is 5.97 Å². The van der Waals surface area contributed by atoms with Gasteiger partial charge in [-0.15, -0.1) is 0 Å². The van der Waals surface area contributed by atoms with Gasteiger partial charge in [-0.3, -0.25) is 4.98 Å². The van der Waals surface area contributed by atoms with Crippen molar-refractivity contribution in [1.82, 2.24) is 9.97 Å². The zero-order chi connectivity index (χ0) is 12.3. The minimum Gasteiger partial charge on any atom is -0.476 e. The summed E-state index contributed by atoms with van der Waals surface area (Å²) >= 11 is 5.95. The molecule has 0 aliphatic rings. The molecule has 2 N–H and O–H groups in total. The summed E-state index contributed by atoms with van der Waals surface area (Å²) in [5.41, 5.74) is 0.521. The van der Waals surface area contributed by atoms with E-state index in [0.717, 1.165) is 0 Å². The molecule has 0 atom stereocenters. The molecule has 0 saturated heterocycles. The van der Waals surface area contributed by atoms with Gasteiger partial charge in [-0.25, -0.2) is 9.78 Å². The number of nitrogens with zero attached hydrogens (tertiary/aromatic N) is 2. The number of benzene rings is 1. The van der Waals surface area contributed by atoms with Crippen LogP contribution in [0.1, 0.15) is 10.5 Å². The van der Waals surface area contributed by atoms with E-state index in [1.54, 1.807) is 18.2 Å². The van der Waals surface area contributed by atoms with Gasteiger partial charge in [-0.2, -0.15) is 0 Å². The molecule has 6 heteroatoms. The highest BCUT2D eigenvalue weighted by Gasteiger charge is 2.07. The summed E-state index contributed by atoms with van der Waals surface area (Å²) in [5.74, 6) is -0.793. The van der Waals surface area contributed by atoms with Crippen LogP contribution in [-0.2, 0) is 0 Å². The number of nitrogens with one attached hydrogen (secondary N) is 1. The number of hydrogen-bond acceptors (Lipinski definition) is 4. The standard InChI is InChI=1S/C11H8ClN3O2/c12-7-3-1-2-4-8(7)14-10-6-13-5-9(15-10)11(16)17/h1-6H,(H,14,15)(H,16,17). The molecule has 17 heavy (non-hydrogen) atoms. The summed E-state index contributed by atoms with van der Waals surface area (Å²) in [7, 11) is 0. The zero-order valence-corrected chi connectivity index (χ0v) is 9.35. The Balaban J connectivity index is 2.28. The molecule has 0 spiro atoms. The minimum absolute atomic E-state index is 0.123. The average molecular weight is 250 g/mol. The Labute approximate surface area is 102 Å². The maximum Gasteiger partial charge on any atom is 0.356 e. The monoisotopic (exact) mass is 249 g/mol. The fourth-order valence-electron chi connectivity index (χ4n) is 1.23. The SMILES string of the molecule is O=C(O)c1cncc(Nc2ccccc2Cl)n1. The Bertz CT molecular complexity index is 560. The van der Waals surface area contributed by atoms with Crippen molar-refractivity contribution in [2.75, 3.05) is 5.32 Å². The number of rotatable bonds is 3. The number of carboxylic acid groups (broad SMARTS) is 1. The van der Waals surface area contributed by atoms with Gasteiger partial charge in [0.15, 0.2) is 5.69 Å². The summed E-state index contributed by atoms with van der Waals surface area (Å²) in [6.07, 6.45) is 2.61. The number of hydrogen-bond donors (Lipinski definition) is 2. The molecule has 5 nitrogen and oxygen atoms in total. The highest BCUT2D eigenvalue weighted by atomic mass is 35.5. The third-order valence-electron chi connectivity index (χ3n) is 1.99. The van der Waals surface area contributed by atoms with Crippen LogP contribution in [0.25, 0.3) is 0 Å². The molecule has 0 aliphatic heterocycles. The molecule has 86 valence electrons. The molecule has 1 heterocycles. The smallest absolute Gasteiger partial charge is 0.356 e. The van der Waals surface area contributed by atoms with Crippen molar-refractivity contribution in [2.45, 2.75) is 0 Å². The minimum atomic E-state index is -1.12. The average Bonchev–Trinajstić information content (AvgIpc) is 2.32. The van der Waals surface area contributed by atoms with Gasteiger partial charge in [0.25, 0.3) is 0 Å². The highest BCUT2D eigenvalue weighted by Crippen LogP contribution is 2.23. The Morgan fingerprint density at radius 3 is 2.76 bits per heavy atom. The molecule has 0 amide bonds. The molecule has 0 saturated carbocycles. The number of anilines is 2. The molecule has 2 aromatic rings. The van der Waals surface area contributed by atoms with Crippen LogP contribution in [0.3, 0.4) is 0 Å². The molecule has 0 aliphatic carbocycles. The van der Waals surface area contributed by atoms with E-state index in [0.29, 0.717) is 16.5 Å². The van der Waals surface area contributed by atoms with E-state index >= 15 is 0 Å². The quantitative estimate of drug-likeness (QED) is 0.874. The molecular weight excluding hydrogens is 242 g/mol. The van der Waals surface area contributed by atoms with Crippen molar-refractivity contribution < 1.29 is 9.90 Å². The van der Waals surface area contributed by atoms with E-state index in [1.165, 1.54) is 12.4 Å². The first-order chi connectivity index (χ1) is 8.16. The molecular formula is C11H8ClN3O2. The number of halogens is 1. The van der Waals surface area contributed by atoms with E-state index in [9.17, 15) is 4.79 Å². The normalized spacial score (nSPS) is 9.94. The second-order valence-corrected chi connectivity index (χ2v) is 3.61. The molecule has 1 aromatic heterocycles. The number of aromatic nitrogens is 2. The van der Waals surface area contributed by atoms with Gasteiger partial charge in [-0.05, 0) is 12.1 Å². The second-order valence-electron chi connectivity index (χ2n) is 3.20. The van der Waals surface area contributed by atoms with Gasteiger partial charge in [-0.1, -0.05) is 23.7 Å². The van der Waals surface area contributed by atoms with E-state index in [4.69, 9.17) is 16.7 Å². The Kier molecular flexibility index (Phi) is 3.20. The Hall–Kier alpha value is -2.14. The predicted molar refractivity (Wildman–Crippen MR) is 63.7 cm³/mol. The van der Waals surface area contributed by atoms with Crippen molar-refractivity contribution in [3.8, 4) is 0 Å². The van der Waals surface area contributed by atoms with Crippen LogP contribution in [0.4, 0.5) is 11.5 Å². The molecule has 1 aromatic carbocycles. The molecule has 0 bridgehead atoms. The van der Waals surface area contributed by atoms with Gasteiger partial charge in [0.1, 0.15) is 5.82 Å². The lowest BCUT2D eigenvalue weighted by Gasteiger charge is -2.06. The first kappa shape index (κ1) is 11.3. The maximum absolute atomic E-state index is 10.7. The first-order valence-electron chi connectivity index (χ1n) is 4.74. The summed E-state index contributed by atoms with van der Waals surface area (Å²) in [6.45, 7) is 0. The summed E-state index contributed by atoms with van der Waals surface area (Å²) in [4.78, 5) is 18.4. The van der Waals surface area contributed by atoms with E-state index < -0.39 is 5.97 Å². The number of aromatic carboxylic acids is 1. The van der Waals surface area contributed by atoms with Crippen molar-refractivity contribution in [3.05, 3.63) is 47.4 Å². The summed E-state index contributed by atoms with van der Waals surface area (Å²) in [5, 5.41) is 12.2. The molecule has 0 fully saturated rings. The molecule has 0 radical (unpaired) electrons. The van der Waals surface area contributed by atoms with Gasteiger partial charge < -0.3 is 10.4 Å². The fourth-order valence-corrected chi connectivity index (χ4v) is 1.41. The van der Waals surface area contributed by atoms with E-state index in [1.807, 2.05) is 6.07 Å². The van der Waals surface area contributed by atoms with Crippen molar-refractivity contribution >= 4 is 29.1 Å². The van der Waals surface area contributed by atoms with Crippen LogP contribution < -0.4 is 5.32 Å². The van der Waals surface area contributed by atoms with Gasteiger partial charge in [0.2, 0.25) is 0 Å². The lowest BCUT2D eigenvalue weighted by Crippen LogP contribution is -2.04. The largest absolute Gasteiger partial charge is 0.476 e. The number of carbonyl (C=O) groups is 1. The van der Waals surface area contributed by atoms with E-state index in [-0.39, 0.29) is 5.69 Å². The Morgan fingerprint density at radius 2 is 2.06 bits per heavy atom. The van der Waals surface area contributed by atoms with Crippen LogP contribution in [0.5, 0.6) is 0 Å². The van der Waals surface area contributed by atoms with Crippen LogP contribution >= 0.6 is 11.6 Å². The summed E-state index contributed by atoms with van der Waals surface area (Å²) in [6, 6.07) is 7.09. The van der Waals surface area contributed by atoms with Gasteiger partial charge in [0, 0.05) is 0 Å². The fraction of sp³-hybridized carbons (Fsp3) is 0. The number of carboxylic acids is 1. The lowest BCUT2D eigenvalue weighted by molar-refractivity contribution is 0.0690. The van der Waals surface area contributed by atoms with Crippen molar-refractivity contribution in [1.29, 1.82) is 0 Å². The van der Waals surface area contributed by atoms with Crippen molar-refractivity contribution in [2.24, 2.45) is 0 Å². The first-order valence-corrected chi connectivity index (χ1v) is 5.11. The van der Waals surface area contributed by atoms with Crippen molar-refractivity contribution in [3.63, 3.8) is 0 Å². The predicted octanol–water partition coefficient (Wildman–Crippen LogP) is 2.57. The van der Waals surface area contributed by atoms with E-state index in [2.05, 4.69) is 15.3 Å². The summed E-state index contributed by atoms with van der Waals surface area (Å²) < 4.78 is 0.